The SMILES string of the molecule is C=CCNCCN(C)C(C)c1ccccc1Cl. The molecule has 1 aromatic rings. The summed E-state index contributed by atoms with van der Waals surface area (Å²) in [4.78, 5) is 2.29. The van der Waals surface area contributed by atoms with Gasteiger partial charge in [0.25, 0.3) is 0 Å². The van der Waals surface area contributed by atoms with E-state index in [1.54, 1.807) is 0 Å². The molecule has 94 valence electrons. The molecular formula is C14H21ClN2. The molecular weight excluding hydrogens is 232 g/mol. The number of nitrogens with one attached hydrogen (secondary N) is 1. The molecule has 1 rings (SSSR count). The van der Waals surface area contributed by atoms with Crippen LogP contribution in [0.15, 0.2) is 36.9 Å². The van der Waals surface area contributed by atoms with Gasteiger partial charge in [-0.2, -0.15) is 0 Å². The third kappa shape index (κ3) is 4.50. The highest BCUT2D eigenvalue weighted by atomic mass is 35.5. The van der Waals surface area contributed by atoms with Crippen LogP contribution in [0.5, 0.6) is 0 Å². The van der Waals surface area contributed by atoms with Gasteiger partial charge < -0.3 is 5.32 Å². The van der Waals surface area contributed by atoms with Crippen LogP contribution in [0.1, 0.15) is 18.5 Å². The lowest BCUT2D eigenvalue weighted by Gasteiger charge is -2.25. The van der Waals surface area contributed by atoms with E-state index in [1.807, 2.05) is 24.3 Å². The van der Waals surface area contributed by atoms with E-state index in [-0.39, 0.29) is 0 Å². The molecule has 0 aromatic heterocycles. The molecule has 1 N–H and O–H groups in total. The van der Waals surface area contributed by atoms with Gasteiger partial charge in [-0.3, -0.25) is 4.90 Å². The second kappa shape index (κ2) is 7.49. The summed E-state index contributed by atoms with van der Waals surface area (Å²) >= 11 is 6.19. The van der Waals surface area contributed by atoms with Crippen molar-refractivity contribution in [3.05, 3.63) is 47.5 Å². The molecule has 17 heavy (non-hydrogen) atoms. The largest absolute Gasteiger partial charge is 0.312 e. The summed E-state index contributed by atoms with van der Waals surface area (Å²) < 4.78 is 0. The van der Waals surface area contributed by atoms with Crippen LogP contribution in [0.3, 0.4) is 0 Å². The highest BCUT2D eigenvalue weighted by molar-refractivity contribution is 6.31. The number of hydrogen-bond acceptors (Lipinski definition) is 2. The number of halogens is 1. The highest BCUT2D eigenvalue weighted by Crippen LogP contribution is 2.25. The number of likely N-dealkylation sites (N-methyl/N-ethyl adjacent to an activating group) is 1. The van der Waals surface area contributed by atoms with Crippen molar-refractivity contribution in [1.82, 2.24) is 10.2 Å². The monoisotopic (exact) mass is 252 g/mol. The van der Waals surface area contributed by atoms with Crippen molar-refractivity contribution in [2.45, 2.75) is 13.0 Å². The Morgan fingerprint density at radius 1 is 1.47 bits per heavy atom. The summed E-state index contributed by atoms with van der Waals surface area (Å²) in [6, 6.07) is 8.35. The maximum atomic E-state index is 6.19. The van der Waals surface area contributed by atoms with E-state index in [4.69, 9.17) is 11.6 Å². The first-order chi connectivity index (χ1) is 8.16. The average molecular weight is 253 g/mol. The number of rotatable bonds is 7. The molecule has 0 saturated carbocycles. The van der Waals surface area contributed by atoms with E-state index in [0.717, 1.165) is 24.7 Å². The molecule has 0 fully saturated rings. The molecule has 0 heterocycles. The van der Waals surface area contributed by atoms with Crippen molar-refractivity contribution in [3.8, 4) is 0 Å². The van der Waals surface area contributed by atoms with Crippen LogP contribution in [-0.4, -0.2) is 31.6 Å². The quantitative estimate of drug-likeness (QED) is 0.593. The number of benzene rings is 1. The zero-order chi connectivity index (χ0) is 12.7. The lowest BCUT2D eigenvalue weighted by atomic mass is 10.1. The summed E-state index contributed by atoms with van der Waals surface area (Å²) in [6.07, 6.45) is 1.87. The fourth-order valence-electron chi connectivity index (χ4n) is 1.70. The van der Waals surface area contributed by atoms with Gasteiger partial charge in [0.05, 0.1) is 0 Å². The van der Waals surface area contributed by atoms with E-state index >= 15 is 0 Å². The van der Waals surface area contributed by atoms with Gasteiger partial charge >= 0.3 is 0 Å². The fraction of sp³-hybridized carbons (Fsp3) is 0.429. The van der Waals surface area contributed by atoms with E-state index < -0.39 is 0 Å². The second-order valence-corrected chi connectivity index (χ2v) is 4.58. The van der Waals surface area contributed by atoms with Crippen LogP contribution in [0, 0.1) is 0 Å². The predicted octanol–water partition coefficient (Wildman–Crippen LogP) is 3.11. The van der Waals surface area contributed by atoms with Crippen LogP contribution in [0.4, 0.5) is 0 Å². The maximum Gasteiger partial charge on any atom is 0.0453 e. The molecule has 0 radical (unpaired) electrons. The first-order valence-corrected chi connectivity index (χ1v) is 6.31. The molecule has 0 aliphatic heterocycles. The molecule has 3 heteroatoms. The van der Waals surface area contributed by atoms with Gasteiger partial charge in [-0.25, -0.2) is 0 Å². The van der Waals surface area contributed by atoms with Crippen LogP contribution >= 0.6 is 11.6 Å². The van der Waals surface area contributed by atoms with Crippen molar-refractivity contribution in [2.75, 3.05) is 26.7 Å². The average Bonchev–Trinajstić information content (AvgIpc) is 2.34. The first-order valence-electron chi connectivity index (χ1n) is 5.93. The van der Waals surface area contributed by atoms with Crippen molar-refractivity contribution in [1.29, 1.82) is 0 Å². The minimum atomic E-state index is 0.328. The van der Waals surface area contributed by atoms with E-state index in [0.29, 0.717) is 6.04 Å². The standard InChI is InChI=1S/C14H21ClN2/c1-4-9-16-10-11-17(3)12(2)13-7-5-6-8-14(13)15/h4-8,12,16H,1,9-11H2,2-3H3. The Morgan fingerprint density at radius 3 is 2.82 bits per heavy atom. The Balaban J connectivity index is 2.49. The minimum Gasteiger partial charge on any atom is -0.312 e. The Morgan fingerprint density at radius 2 is 2.18 bits per heavy atom. The van der Waals surface area contributed by atoms with Crippen LogP contribution in [0.25, 0.3) is 0 Å². The molecule has 0 aliphatic carbocycles. The van der Waals surface area contributed by atoms with Crippen molar-refractivity contribution < 1.29 is 0 Å². The molecule has 1 atom stereocenters. The minimum absolute atomic E-state index is 0.328. The van der Waals surface area contributed by atoms with Crippen molar-refractivity contribution >= 4 is 11.6 Å². The Bertz CT molecular complexity index is 352. The van der Waals surface area contributed by atoms with Gasteiger partial charge in [-0.15, -0.1) is 6.58 Å². The Hall–Kier alpha value is -0.830. The molecule has 0 aliphatic rings. The third-order valence-corrected chi connectivity index (χ3v) is 3.29. The van der Waals surface area contributed by atoms with E-state index in [2.05, 4.69) is 36.8 Å². The smallest absolute Gasteiger partial charge is 0.0453 e. The normalized spacial score (nSPS) is 12.7. The van der Waals surface area contributed by atoms with Crippen molar-refractivity contribution in [3.63, 3.8) is 0 Å². The molecule has 0 amide bonds. The second-order valence-electron chi connectivity index (χ2n) is 4.17. The molecule has 0 saturated heterocycles. The van der Waals surface area contributed by atoms with Gasteiger partial charge in [-0.1, -0.05) is 35.9 Å². The summed E-state index contributed by atoms with van der Waals surface area (Å²) in [5, 5.41) is 4.13. The summed E-state index contributed by atoms with van der Waals surface area (Å²) in [5.41, 5.74) is 1.18. The summed E-state index contributed by atoms with van der Waals surface area (Å²) in [7, 11) is 2.11. The topological polar surface area (TPSA) is 15.3 Å². The lowest BCUT2D eigenvalue weighted by molar-refractivity contribution is 0.262. The van der Waals surface area contributed by atoms with Gasteiger partial charge in [0.15, 0.2) is 0 Å². The molecule has 0 bridgehead atoms. The van der Waals surface area contributed by atoms with Crippen molar-refractivity contribution in [2.24, 2.45) is 0 Å². The summed E-state index contributed by atoms with van der Waals surface area (Å²) in [5.74, 6) is 0. The Kier molecular flexibility index (Phi) is 6.27. The zero-order valence-electron chi connectivity index (χ0n) is 10.6. The van der Waals surface area contributed by atoms with Crippen LogP contribution in [0.2, 0.25) is 5.02 Å². The number of hydrogen-bond donors (Lipinski definition) is 1. The lowest BCUT2D eigenvalue weighted by Crippen LogP contribution is -2.31. The van der Waals surface area contributed by atoms with E-state index in [9.17, 15) is 0 Å². The predicted molar refractivity (Wildman–Crippen MR) is 75.6 cm³/mol. The Labute approximate surface area is 109 Å². The fourth-order valence-corrected chi connectivity index (χ4v) is 2.00. The molecule has 1 aromatic carbocycles. The van der Waals surface area contributed by atoms with Gasteiger partial charge in [-0.05, 0) is 25.6 Å². The van der Waals surface area contributed by atoms with Crippen LogP contribution < -0.4 is 5.32 Å². The third-order valence-electron chi connectivity index (χ3n) is 2.95. The van der Waals surface area contributed by atoms with Gasteiger partial charge in [0, 0.05) is 30.7 Å². The van der Waals surface area contributed by atoms with Gasteiger partial charge in [0.2, 0.25) is 0 Å². The molecule has 1 unspecified atom stereocenters. The van der Waals surface area contributed by atoms with Crippen LogP contribution in [-0.2, 0) is 0 Å². The maximum absolute atomic E-state index is 6.19. The molecule has 2 nitrogen and oxygen atoms in total. The zero-order valence-corrected chi connectivity index (χ0v) is 11.4. The number of nitrogens with zero attached hydrogens (tertiary/aromatic N) is 1. The summed E-state index contributed by atoms with van der Waals surface area (Å²) in [6.45, 7) is 8.65. The van der Waals surface area contributed by atoms with Gasteiger partial charge in [0.1, 0.15) is 0 Å². The molecule has 0 spiro atoms. The highest BCUT2D eigenvalue weighted by Gasteiger charge is 2.13. The van der Waals surface area contributed by atoms with E-state index in [1.165, 1.54) is 5.56 Å². The first kappa shape index (κ1) is 14.2.